The molecule has 1 aliphatic carbocycles. The van der Waals surface area contributed by atoms with Crippen LogP contribution in [0.5, 0.6) is 0 Å². The SMILES string of the molecule is O=C1CCCCCCC1CC[N+](=O)[O-]. The molecule has 80 valence electrons. The van der Waals surface area contributed by atoms with E-state index >= 15 is 0 Å². The largest absolute Gasteiger partial charge is 0.299 e. The molecule has 4 heteroatoms. The summed E-state index contributed by atoms with van der Waals surface area (Å²) >= 11 is 0. The number of hydrogen-bond donors (Lipinski definition) is 0. The molecule has 0 aromatic carbocycles. The summed E-state index contributed by atoms with van der Waals surface area (Å²) in [6.45, 7) is -0.0591. The van der Waals surface area contributed by atoms with Crippen LogP contribution in [0.2, 0.25) is 0 Å². The van der Waals surface area contributed by atoms with Crippen molar-refractivity contribution in [2.45, 2.75) is 44.9 Å². The van der Waals surface area contributed by atoms with E-state index in [1.165, 1.54) is 6.42 Å². The van der Waals surface area contributed by atoms with Gasteiger partial charge in [-0.25, -0.2) is 0 Å². The number of nitro groups is 1. The van der Waals surface area contributed by atoms with Crippen LogP contribution < -0.4 is 0 Å². The van der Waals surface area contributed by atoms with E-state index in [1.54, 1.807) is 0 Å². The molecular formula is C10H17NO3. The summed E-state index contributed by atoms with van der Waals surface area (Å²) < 4.78 is 0. The first kappa shape index (κ1) is 11.1. The highest BCUT2D eigenvalue weighted by molar-refractivity contribution is 5.80. The lowest BCUT2D eigenvalue weighted by Crippen LogP contribution is -2.19. The van der Waals surface area contributed by atoms with Crippen molar-refractivity contribution in [2.24, 2.45) is 5.92 Å². The van der Waals surface area contributed by atoms with Crippen LogP contribution in [0.25, 0.3) is 0 Å². The Morgan fingerprint density at radius 2 is 2.00 bits per heavy atom. The molecule has 0 bridgehead atoms. The van der Waals surface area contributed by atoms with E-state index in [0.29, 0.717) is 12.8 Å². The summed E-state index contributed by atoms with van der Waals surface area (Å²) in [5.74, 6) is 0.201. The second-order valence-electron chi connectivity index (χ2n) is 3.96. The van der Waals surface area contributed by atoms with Crippen molar-refractivity contribution in [3.05, 3.63) is 10.1 Å². The van der Waals surface area contributed by atoms with Gasteiger partial charge in [0.2, 0.25) is 6.54 Å². The molecule has 0 radical (unpaired) electrons. The molecule has 0 aromatic heterocycles. The third kappa shape index (κ3) is 3.85. The zero-order valence-corrected chi connectivity index (χ0v) is 8.41. The minimum absolute atomic E-state index is 0.0410. The van der Waals surface area contributed by atoms with Gasteiger partial charge in [0.15, 0.2) is 0 Å². The summed E-state index contributed by atoms with van der Waals surface area (Å²) in [7, 11) is 0. The minimum atomic E-state index is -0.327. The van der Waals surface area contributed by atoms with Gasteiger partial charge in [0.25, 0.3) is 0 Å². The van der Waals surface area contributed by atoms with Crippen molar-refractivity contribution >= 4 is 5.78 Å². The van der Waals surface area contributed by atoms with Crippen LogP contribution in [0.3, 0.4) is 0 Å². The highest BCUT2D eigenvalue weighted by Gasteiger charge is 2.21. The first-order chi connectivity index (χ1) is 6.70. The van der Waals surface area contributed by atoms with Crippen molar-refractivity contribution in [3.8, 4) is 0 Å². The summed E-state index contributed by atoms with van der Waals surface area (Å²) in [5.41, 5.74) is 0. The molecule has 0 aliphatic heterocycles. The highest BCUT2D eigenvalue weighted by atomic mass is 16.6. The number of carbonyl (C=O) groups excluding carboxylic acids is 1. The van der Waals surface area contributed by atoms with E-state index in [2.05, 4.69) is 0 Å². The number of hydrogen-bond acceptors (Lipinski definition) is 3. The van der Waals surface area contributed by atoms with Gasteiger partial charge in [-0.05, 0) is 12.8 Å². The normalized spacial score (nSPS) is 24.0. The number of ketones is 1. The van der Waals surface area contributed by atoms with Crippen LogP contribution in [0.1, 0.15) is 44.9 Å². The number of nitrogens with zero attached hydrogens (tertiary/aromatic N) is 1. The number of carbonyl (C=O) groups is 1. The second-order valence-corrected chi connectivity index (χ2v) is 3.96. The van der Waals surface area contributed by atoms with E-state index in [9.17, 15) is 14.9 Å². The van der Waals surface area contributed by atoms with Crippen molar-refractivity contribution in [3.63, 3.8) is 0 Å². The molecule has 4 nitrogen and oxygen atoms in total. The van der Waals surface area contributed by atoms with Crippen LogP contribution in [-0.2, 0) is 4.79 Å². The van der Waals surface area contributed by atoms with Crippen LogP contribution in [0.4, 0.5) is 0 Å². The average molecular weight is 199 g/mol. The summed E-state index contributed by atoms with van der Waals surface area (Å²) in [6, 6.07) is 0. The van der Waals surface area contributed by atoms with Crippen molar-refractivity contribution in [1.82, 2.24) is 0 Å². The van der Waals surface area contributed by atoms with E-state index < -0.39 is 0 Å². The Bertz CT molecular complexity index is 215. The van der Waals surface area contributed by atoms with E-state index in [4.69, 9.17) is 0 Å². The molecule has 0 saturated heterocycles. The summed E-state index contributed by atoms with van der Waals surface area (Å²) in [4.78, 5) is 21.4. The molecule has 1 fully saturated rings. The monoisotopic (exact) mass is 199 g/mol. The molecule has 1 atom stereocenters. The van der Waals surface area contributed by atoms with Gasteiger partial charge in [-0.3, -0.25) is 14.9 Å². The third-order valence-electron chi connectivity index (χ3n) is 2.84. The van der Waals surface area contributed by atoms with Crippen LogP contribution in [0, 0.1) is 16.0 Å². The maximum Gasteiger partial charge on any atom is 0.204 e. The molecule has 0 amide bonds. The van der Waals surface area contributed by atoms with E-state index in [-0.39, 0.29) is 23.2 Å². The third-order valence-corrected chi connectivity index (χ3v) is 2.84. The quantitative estimate of drug-likeness (QED) is 0.517. The van der Waals surface area contributed by atoms with Crippen molar-refractivity contribution in [1.29, 1.82) is 0 Å². The Balaban J connectivity index is 2.37. The summed E-state index contributed by atoms with van der Waals surface area (Å²) in [6.07, 6.45) is 6.23. The summed E-state index contributed by atoms with van der Waals surface area (Å²) in [5, 5.41) is 10.2. The Hall–Kier alpha value is -0.930. The molecule has 1 rings (SSSR count). The topological polar surface area (TPSA) is 60.2 Å². The average Bonchev–Trinajstić information content (AvgIpc) is 2.10. The number of rotatable bonds is 3. The van der Waals surface area contributed by atoms with Crippen molar-refractivity contribution < 1.29 is 9.72 Å². The molecule has 1 unspecified atom stereocenters. The predicted octanol–water partition coefficient (Wildman–Crippen LogP) is 2.19. The Labute approximate surface area is 83.8 Å². The number of Topliss-reactive ketones (excluding diaryl/α,β-unsaturated/α-hetero) is 1. The Morgan fingerprint density at radius 3 is 2.71 bits per heavy atom. The molecule has 0 aromatic rings. The Morgan fingerprint density at radius 1 is 1.29 bits per heavy atom. The maximum absolute atomic E-state index is 11.6. The molecule has 1 saturated carbocycles. The van der Waals surface area contributed by atoms with Gasteiger partial charge in [-0.15, -0.1) is 0 Å². The van der Waals surface area contributed by atoms with Gasteiger partial charge in [0.05, 0.1) is 0 Å². The molecule has 1 aliphatic rings. The van der Waals surface area contributed by atoms with Gasteiger partial charge in [-0.1, -0.05) is 19.3 Å². The smallest absolute Gasteiger partial charge is 0.204 e. The first-order valence-electron chi connectivity index (χ1n) is 5.34. The lowest BCUT2D eigenvalue weighted by atomic mass is 9.88. The van der Waals surface area contributed by atoms with Crippen molar-refractivity contribution in [2.75, 3.05) is 6.54 Å². The van der Waals surface area contributed by atoms with E-state index in [0.717, 1.165) is 25.7 Å². The molecule has 0 N–H and O–H groups in total. The van der Waals surface area contributed by atoms with Gasteiger partial charge < -0.3 is 0 Å². The van der Waals surface area contributed by atoms with Crippen LogP contribution >= 0.6 is 0 Å². The highest BCUT2D eigenvalue weighted by Crippen LogP contribution is 2.21. The zero-order chi connectivity index (χ0) is 10.4. The maximum atomic E-state index is 11.6. The molecule has 0 heterocycles. The van der Waals surface area contributed by atoms with Gasteiger partial charge in [0.1, 0.15) is 5.78 Å². The first-order valence-corrected chi connectivity index (χ1v) is 5.34. The lowest BCUT2D eigenvalue weighted by Gasteiger charge is -2.16. The fourth-order valence-corrected chi connectivity index (χ4v) is 1.98. The Kier molecular flexibility index (Phi) is 4.56. The fourth-order valence-electron chi connectivity index (χ4n) is 1.98. The molecule has 14 heavy (non-hydrogen) atoms. The lowest BCUT2D eigenvalue weighted by molar-refractivity contribution is -0.481. The van der Waals surface area contributed by atoms with Crippen LogP contribution in [0.15, 0.2) is 0 Å². The second kappa shape index (κ2) is 5.73. The zero-order valence-electron chi connectivity index (χ0n) is 8.41. The van der Waals surface area contributed by atoms with Gasteiger partial charge in [-0.2, -0.15) is 0 Å². The standard InChI is InChI=1S/C10H17NO3/c12-10-6-4-2-1-3-5-9(10)7-8-11(13)14/h9H,1-8H2. The fraction of sp³-hybridized carbons (Fsp3) is 0.900. The van der Waals surface area contributed by atoms with Crippen LogP contribution in [-0.4, -0.2) is 17.3 Å². The van der Waals surface area contributed by atoms with Gasteiger partial charge >= 0.3 is 0 Å². The van der Waals surface area contributed by atoms with E-state index in [1.807, 2.05) is 0 Å². The predicted molar refractivity (Wildman–Crippen MR) is 52.7 cm³/mol. The molecule has 0 spiro atoms. The van der Waals surface area contributed by atoms with Gasteiger partial charge in [0, 0.05) is 23.7 Å². The molecular weight excluding hydrogens is 182 g/mol. The minimum Gasteiger partial charge on any atom is -0.299 e.